The Bertz CT molecular complexity index is 1910. The monoisotopic (exact) mass is 614 g/mol. The minimum absolute atomic E-state index is 0.0243. The van der Waals surface area contributed by atoms with Crippen LogP contribution in [0.25, 0.3) is 22.3 Å². The van der Waals surface area contributed by atoms with Gasteiger partial charge in [0.15, 0.2) is 17.3 Å². The van der Waals surface area contributed by atoms with Crippen molar-refractivity contribution in [1.82, 2.24) is 0 Å². The molecule has 0 fully saturated rings. The molecule has 0 amide bonds. The van der Waals surface area contributed by atoms with Crippen LogP contribution in [-0.2, 0) is 16.0 Å². The molecule has 232 valence electrons. The molecule has 0 aliphatic rings. The van der Waals surface area contributed by atoms with E-state index in [9.17, 15) is 35.1 Å². The average Bonchev–Trinajstić information content (AvgIpc) is 3.03. The summed E-state index contributed by atoms with van der Waals surface area (Å²) in [6.45, 7) is 0.394. The molecular formula is C34H30O11. The lowest BCUT2D eigenvalue weighted by atomic mass is 9.86. The fraction of sp³-hybridized carbons (Fsp3) is 0.176. The molecule has 0 aliphatic heterocycles. The number of aromatic hydroxyl groups is 5. The molecule has 4 aromatic carbocycles. The van der Waals surface area contributed by atoms with Gasteiger partial charge in [-0.2, -0.15) is 0 Å². The van der Waals surface area contributed by atoms with Crippen LogP contribution < -0.4 is 14.9 Å². The van der Waals surface area contributed by atoms with Crippen LogP contribution in [0.3, 0.4) is 0 Å². The van der Waals surface area contributed by atoms with E-state index in [1.165, 1.54) is 13.2 Å². The Balaban J connectivity index is 1.55. The van der Waals surface area contributed by atoms with E-state index in [-0.39, 0.29) is 23.1 Å². The Kier molecular flexibility index (Phi) is 8.71. The number of hydrogen-bond donors (Lipinski definition) is 5. The molecule has 5 N–H and O–H groups in total. The van der Waals surface area contributed by atoms with E-state index in [4.69, 9.17) is 18.6 Å². The zero-order valence-electron chi connectivity index (χ0n) is 24.3. The number of rotatable bonds is 10. The zero-order chi connectivity index (χ0) is 32.2. The van der Waals surface area contributed by atoms with Gasteiger partial charge in [-0.15, -0.1) is 0 Å². The number of phenolic OH excluding ortho intramolecular Hbond substituents is 4. The first kappa shape index (κ1) is 30.6. The molecule has 1 atom stereocenters. The fourth-order valence-electron chi connectivity index (χ4n) is 5.05. The summed E-state index contributed by atoms with van der Waals surface area (Å²) < 4.78 is 21.9. The standard InChI is InChI=1S/C34H30O11/c1-42-21-8-3-18(4-9-21)13-14-44-22-10-5-19(6-11-22)23(16-28(39)43-2)29-26(37)17-27(38)30-31(40)32(41)33(45-34(29)30)20-7-12-24(35)25(36)15-20/h3-12,15,17,23,35-38,41H,13-14,16H2,1-2H3/t23-/m0/s1. The smallest absolute Gasteiger partial charge is 0.306 e. The summed E-state index contributed by atoms with van der Waals surface area (Å²) in [4.78, 5) is 25.9. The number of benzene rings is 4. The van der Waals surface area contributed by atoms with Crippen molar-refractivity contribution in [1.29, 1.82) is 0 Å². The van der Waals surface area contributed by atoms with Crippen molar-refractivity contribution >= 4 is 16.9 Å². The lowest BCUT2D eigenvalue weighted by Crippen LogP contribution is -2.12. The van der Waals surface area contributed by atoms with Gasteiger partial charge in [0.1, 0.15) is 34.0 Å². The van der Waals surface area contributed by atoms with E-state index in [2.05, 4.69) is 0 Å². The van der Waals surface area contributed by atoms with Crippen LogP contribution in [0, 0.1) is 0 Å². The second-order valence-corrected chi connectivity index (χ2v) is 10.2. The highest BCUT2D eigenvalue weighted by molar-refractivity contribution is 5.92. The summed E-state index contributed by atoms with van der Waals surface area (Å²) >= 11 is 0. The molecule has 11 heteroatoms. The second-order valence-electron chi connectivity index (χ2n) is 10.2. The minimum atomic E-state index is -1.02. The molecule has 0 aliphatic carbocycles. The summed E-state index contributed by atoms with van der Waals surface area (Å²) in [5, 5.41) is 51.7. The van der Waals surface area contributed by atoms with Crippen molar-refractivity contribution in [2.24, 2.45) is 0 Å². The van der Waals surface area contributed by atoms with Crippen LogP contribution in [0.5, 0.6) is 40.2 Å². The van der Waals surface area contributed by atoms with Crippen molar-refractivity contribution in [3.8, 4) is 51.6 Å². The van der Waals surface area contributed by atoms with Gasteiger partial charge >= 0.3 is 5.97 Å². The van der Waals surface area contributed by atoms with Gasteiger partial charge in [0.25, 0.3) is 0 Å². The molecule has 0 spiro atoms. The number of ether oxygens (including phenoxy) is 3. The molecule has 0 unspecified atom stereocenters. The Morgan fingerprint density at radius 3 is 2.13 bits per heavy atom. The third kappa shape index (κ3) is 6.28. The van der Waals surface area contributed by atoms with Crippen molar-refractivity contribution in [2.45, 2.75) is 18.8 Å². The first-order chi connectivity index (χ1) is 21.6. The molecule has 5 rings (SSSR count). The normalized spacial score (nSPS) is 11.7. The van der Waals surface area contributed by atoms with E-state index < -0.39 is 57.2 Å². The SMILES string of the molecule is COC(=O)C[C@@H](c1ccc(OCCc2ccc(OC)cc2)cc1)c1c(O)cc(O)c2c(=O)c(O)c(-c3ccc(O)c(O)c3)oc12. The molecule has 0 saturated heterocycles. The number of fused-ring (bicyclic) bond motifs is 1. The van der Waals surface area contributed by atoms with E-state index in [0.717, 1.165) is 29.5 Å². The van der Waals surface area contributed by atoms with Crippen molar-refractivity contribution in [3.63, 3.8) is 0 Å². The predicted octanol–water partition coefficient (Wildman–Crippen LogP) is 5.31. The van der Waals surface area contributed by atoms with Gasteiger partial charge in [-0.1, -0.05) is 24.3 Å². The van der Waals surface area contributed by atoms with E-state index in [1.54, 1.807) is 31.4 Å². The Labute approximate surface area is 256 Å². The fourth-order valence-corrected chi connectivity index (χ4v) is 5.05. The van der Waals surface area contributed by atoms with Crippen LogP contribution in [0.1, 0.15) is 29.0 Å². The van der Waals surface area contributed by atoms with Crippen LogP contribution in [0.2, 0.25) is 0 Å². The summed E-state index contributed by atoms with van der Waals surface area (Å²) in [5.74, 6) is -3.66. The molecule has 1 heterocycles. The Morgan fingerprint density at radius 1 is 0.800 bits per heavy atom. The number of carbonyl (C=O) groups excluding carboxylic acids is 1. The number of hydrogen-bond acceptors (Lipinski definition) is 11. The second kappa shape index (κ2) is 12.8. The number of esters is 1. The lowest BCUT2D eigenvalue weighted by molar-refractivity contribution is -0.140. The first-order valence-electron chi connectivity index (χ1n) is 13.8. The largest absolute Gasteiger partial charge is 0.507 e. The molecule has 1 aromatic heterocycles. The average molecular weight is 615 g/mol. The van der Waals surface area contributed by atoms with Crippen LogP contribution in [-0.4, -0.2) is 52.3 Å². The summed E-state index contributed by atoms with van der Waals surface area (Å²) in [7, 11) is 2.81. The maximum absolute atomic E-state index is 13.3. The summed E-state index contributed by atoms with van der Waals surface area (Å²) in [6.07, 6.45) is 0.360. The van der Waals surface area contributed by atoms with Crippen molar-refractivity contribution < 1.29 is 49.0 Å². The third-order valence-corrected chi connectivity index (χ3v) is 7.42. The molecule has 0 saturated carbocycles. The van der Waals surface area contributed by atoms with E-state index in [1.807, 2.05) is 24.3 Å². The van der Waals surface area contributed by atoms with Crippen LogP contribution >= 0.6 is 0 Å². The van der Waals surface area contributed by atoms with Gasteiger partial charge in [-0.3, -0.25) is 9.59 Å². The quantitative estimate of drug-likeness (QED) is 0.102. The van der Waals surface area contributed by atoms with Crippen molar-refractivity contribution in [3.05, 3.63) is 99.7 Å². The number of methoxy groups -OCH3 is 2. The number of phenols is 4. The lowest BCUT2D eigenvalue weighted by Gasteiger charge is -2.21. The van der Waals surface area contributed by atoms with Crippen LogP contribution in [0.15, 0.2) is 82.0 Å². The van der Waals surface area contributed by atoms with Crippen LogP contribution in [0.4, 0.5) is 0 Å². The molecule has 11 nitrogen and oxygen atoms in total. The van der Waals surface area contributed by atoms with Gasteiger partial charge in [0, 0.05) is 29.5 Å². The summed E-state index contributed by atoms with van der Waals surface area (Å²) in [6, 6.07) is 18.8. The molecule has 5 aromatic rings. The van der Waals surface area contributed by atoms with E-state index >= 15 is 0 Å². The highest BCUT2D eigenvalue weighted by Gasteiger charge is 2.30. The van der Waals surface area contributed by atoms with Gasteiger partial charge in [-0.05, 0) is 53.6 Å². The molecule has 45 heavy (non-hydrogen) atoms. The Hall–Kier alpha value is -5.84. The summed E-state index contributed by atoms with van der Waals surface area (Å²) in [5.41, 5.74) is 0.264. The highest BCUT2D eigenvalue weighted by atomic mass is 16.5. The molecule has 0 bridgehead atoms. The van der Waals surface area contributed by atoms with Gasteiger partial charge in [0.2, 0.25) is 11.2 Å². The van der Waals surface area contributed by atoms with Crippen molar-refractivity contribution in [2.75, 3.05) is 20.8 Å². The van der Waals surface area contributed by atoms with Gasteiger partial charge < -0.3 is 44.2 Å². The third-order valence-electron chi connectivity index (χ3n) is 7.42. The molecular weight excluding hydrogens is 584 g/mol. The van der Waals surface area contributed by atoms with Gasteiger partial charge in [0.05, 0.1) is 27.2 Å². The highest BCUT2D eigenvalue weighted by Crippen LogP contribution is 2.45. The maximum Gasteiger partial charge on any atom is 0.306 e. The topological polar surface area (TPSA) is 176 Å². The van der Waals surface area contributed by atoms with E-state index in [0.29, 0.717) is 24.3 Å². The van der Waals surface area contributed by atoms with Gasteiger partial charge in [-0.25, -0.2) is 0 Å². The maximum atomic E-state index is 13.3. The minimum Gasteiger partial charge on any atom is -0.507 e. The Morgan fingerprint density at radius 2 is 1.49 bits per heavy atom. The molecule has 0 radical (unpaired) electrons. The number of carbonyl (C=O) groups is 1. The zero-order valence-corrected chi connectivity index (χ0v) is 24.3. The predicted molar refractivity (Wildman–Crippen MR) is 163 cm³/mol. The first-order valence-corrected chi connectivity index (χ1v) is 13.8.